The summed E-state index contributed by atoms with van der Waals surface area (Å²) in [5.41, 5.74) is -0.551. The fraction of sp³-hybridized carbons (Fsp3) is 0.947. The number of rotatable bonds is 13. The summed E-state index contributed by atoms with van der Waals surface area (Å²) in [6, 6.07) is 0. The van der Waals surface area contributed by atoms with Gasteiger partial charge in [-0.15, -0.1) is 0 Å². The molecule has 0 aromatic heterocycles. The zero-order valence-corrected chi connectivity index (χ0v) is 15.1. The first-order valence-electron chi connectivity index (χ1n) is 8.99. The Morgan fingerprint density at radius 2 is 1.38 bits per heavy atom. The van der Waals surface area contributed by atoms with Crippen LogP contribution in [-0.2, 0) is 4.79 Å². The minimum atomic E-state index is -0.669. The minimum absolute atomic E-state index is 0.551. The van der Waals surface area contributed by atoms with E-state index in [1.54, 1.807) is 0 Å². The predicted octanol–water partition coefficient (Wildman–Crippen LogP) is 6.29. The Bertz CT molecular complexity index is 269. The van der Waals surface area contributed by atoms with E-state index in [1.165, 1.54) is 51.4 Å². The van der Waals surface area contributed by atoms with Crippen LogP contribution in [0.4, 0.5) is 0 Å². The first-order valence-corrected chi connectivity index (χ1v) is 8.99. The lowest BCUT2D eigenvalue weighted by Gasteiger charge is -2.18. The van der Waals surface area contributed by atoms with Gasteiger partial charge in [0.1, 0.15) is 0 Å². The molecule has 0 aliphatic rings. The van der Waals surface area contributed by atoms with Crippen LogP contribution >= 0.6 is 0 Å². The maximum Gasteiger partial charge on any atom is 0.309 e. The van der Waals surface area contributed by atoms with Crippen LogP contribution < -0.4 is 0 Å². The Balaban J connectivity index is 3.42. The minimum Gasteiger partial charge on any atom is -0.481 e. The molecule has 2 heteroatoms. The number of hydrogen-bond acceptors (Lipinski definition) is 1. The second-order valence-corrected chi connectivity index (χ2v) is 7.93. The molecule has 0 saturated heterocycles. The number of carbonyl (C=O) groups is 1. The van der Waals surface area contributed by atoms with Crippen molar-refractivity contribution >= 4 is 5.97 Å². The third-order valence-corrected chi connectivity index (χ3v) is 4.56. The Morgan fingerprint density at radius 1 is 0.857 bits per heavy atom. The zero-order valence-electron chi connectivity index (χ0n) is 15.1. The van der Waals surface area contributed by atoms with Gasteiger partial charge in [-0.3, -0.25) is 4.79 Å². The van der Waals surface area contributed by atoms with Gasteiger partial charge in [-0.05, 0) is 32.1 Å². The second-order valence-electron chi connectivity index (χ2n) is 7.93. The average Bonchev–Trinajstić information content (AvgIpc) is 2.36. The van der Waals surface area contributed by atoms with Crippen LogP contribution in [-0.4, -0.2) is 11.1 Å². The lowest BCUT2D eigenvalue weighted by molar-refractivity contribution is -0.147. The highest BCUT2D eigenvalue weighted by atomic mass is 16.4. The highest BCUT2D eigenvalue weighted by Crippen LogP contribution is 2.24. The van der Waals surface area contributed by atoms with Gasteiger partial charge in [0, 0.05) is 0 Å². The van der Waals surface area contributed by atoms with E-state index in [0.29, 0.717) is 0 Å². The second kappa shape index (κ2) is 11.1. The molecule has 1 atom stereocenters. The molecule has 0 aliphatic heterocycles. The molecule has 2 nitrogen and oxygen atoms in total. The Labute approximate surface area is 132 Å². The van der Waals surface area contributed by atoms with Crippen LogP contribution in [0, 0.1) is 17.3 Å². The van der Waals surface area contributed by atoms with Crippen LogP contribution in [0.5, 0.6) is 0 Å². The van der Waals surface area contributed by atoms with E-state index in [1.807, 2.05) is 13.8 Å². The van der Waals surface area contributed by atoms with Crippen LogP contribution in [0.3, 0.4) is 0 Å². The topological polar surface area (TPSA) is 37.3 Å². The van der Waals surface area contributed by atoms with E-state index in [0.717, 1.165) is 24.7 Å². The molecule has 0 heterocycles. The maximum atomic E-state index is 11.0. The molecule has 0 spiro atoms. The summed E-state index contributed by atoms with van der Waals surface area (Å²) in [6.07, 6.45) is 12.4. The van der Waals surface area contributed by atoms with Gasteiger partial charge in [-0.2, -0.15) is 0 Å². The fourth-order valence-corrected chi connectivity index (χ4v) is 2.72. The average molecular weight is 299 g/mol. The van der Waals surface area contributed by atoms with E-state index in [4.69, 9.17) is 5.11 Å². The van der Waals surface area contributed by atoms with Crippen LogP contribution in [0.1, 0.15) is 98.8 Å². The van der Waals surface area contributed by atoms with Crippen molar-refractivity contribution in [3.05, 3.63) is 0 Å². The van der Waals surface area contributed by atoms with Gasteiger partial charge in [-0.25, -0.2) is 0 Å². The van der Waals surface area contributed by atoms with Crippen LogP contribution in [0.25, 0.3) is 0 Å². The van der Waals surface area contributed by atoms with Crippen molar-refractivity contribution in [2.45, 2.75) is 98.8 Å². The van der Waals surface area contributed by atoms with Gasteiger partial charge in [0.2, 0.25) is 0 Å². The number of unbranched alkanes of at least 4 members (excludes halogenated alkanes) is 4. The van der Waals surface area contributed by atoms with E-state index in [2.05, 4.69) is 20.8 Å². The molecular formula is C19H38O2. The Morgan fingerprint density at radius 3 is 1.95 bits per heavy atom. The van der Waals surface area contributed by atoms with Gasteiger partial charge >= 0.3 is 5.97 Å². The quantitative estimate of drug-likeness (QED) is 0.406. The molecule has 0 fully saturated rings. The molecule has 0 radical (unpaired) electrons. The Kier molecular flexibility index (Phi) is 10.8. The molecule has 0 rings (SSSR count). The maximum absolute atomic E-state index is 11.0. The van der Waals surface area contributed by atoms with Crippen molar-refractivity contribution in [2.75, 3.05) is 0 Å². The summed E-state index contributed by atoms with van der Waals surface area (Å²) in [5, 5.41) is 9.05. The number of aliphatic carboxylic acids is 1. The summed E-state index contributed by atoms with van der Waals surface area (Å²) in [7, 11) is 0. The number of hydrogen-bond donors (Lipinski definition) is 1. The molecule has 21 heavy (non-hydrogen) atoms. The molecule has 0 bridgehead atoms. The fourth-order valence-electron chi connectivity index (χ4n) is 2.72. The van der Waals surface area contributed by atoms with Crippen molar-refractivity contribution in [1.82, 2.24) is 0 Å². The van der Waals surface area contributed by atoms with Crippen molar-refractivity contribution in [3.8, 4) is 0 Å². The lowest BCUT2D eigenvalue weighted by Crippen LogP contribution is -2.23. The summed E-state index contributed by atoms with van der Waals surface area (Å²) in [6.45, 7) is 10.6. The van der Waals surface area contributed by atoms with Crippen LogP contribution in [0.2, 0.25) is 0 Å². The smallest absolute Gasteiger partial charge is 0.309 e. The molecule has 0 saturated carbocycles. The lowest BCUT2D eigenvalue weighted by atomic mass is 9.87. The standard InChI is InChI=1S/C19H38O2/c1-16(2)12-11-14-17(3)13-9-7-6-8-10-15-19(4,5)18(20)21/h16-17H,6-15H2,1-5H3,(H,20,21). The monoisotopic (exact) mass is 298 g/mol. The third kappa shape index (κ3) is 11.8. The first-order chi connectivity index (χ1) is 9.75. The molecule has 0 aromatic rings. The van der Waals surface area contributed by atoms with Crippen molar-refractivity contribution < 1.29 is 9.90 Å². The zero-order chi connectivity index (χ0) is 16.3. The summed E-state index contributed by atoms with van der Waals surface area (Å²) < 4.78 is 0. The van der Waals surface area contributed by atoms with E-state index >= 15 is 0 Å². The largest absolute Gasteiger partial charge is 0.481 e. The van der Waals surface area contributed by atoms with Gasteiger partial charge < -0.3 is 5.11 Å². The molecule has 1 N–H and O–H groups in total. The first kappa shape index (κ1) is 20.5. The molecule has 0 aliphatic carbocycles. The third-order valence-electron chi connectivity index (χ3n) is 4.56. The number of carboxylic acids is 1. The van der Waals surface area contributed by atoms with Crippen LogP contribution in [0.15, 0.2) is 0 Å². The van der Waals surface area contributed by atoms with Gasteiger partial charge in [-0.1, -0.05) is 78.6 Å². The van der Waals surface area contributed by atoms with Gasteiger partial charge in [0.25, 0.3) is 0 Å². The highest BCUT2D eigenvalue weighted by molar-refractivity contribution is 5.73. The van der Waals surface area contributed by atoms with Crippen molar-refractivity contribution in [3.63, 3.8) is 0 Å². The van der Waals surface area contributed by atoms with Crippen molar-refractivity contribution in [1.29, 1.82) is 0 Å². The molecular weight excluding hydrogens is 260 g/mol. The Hall–Kier alpha value is -0.530. The molecule has 1 unspecified atom stereocenters. The predicted molar refractivity (Wildman–Crippen MR) is 91.6 cm³/mol. The summed E-state index contributed by atoms with van der Waals surface area (Å²) >= 11 is 0. The normalized spacial score (nSPS) is 13.6. The number of carboxylic acid groups (broad SMARTS) is 1. The van der Waals surface area contributed by atoms with Crippen molar-refractivity contribution in [2.24, 2.45) is 17.3 Å². The summed E-state index contributed by atoms with van der Waals surface area (Å²) in [4.78, 5) is 11.0. The highest BCUT2D eigenvalue weighted by Gasteiger charge is 2.25. The molecule has 126 valence electrons. The summed E-state index contributed by atoms with van der Waals surface area (Å²) in [5.74, 6) is 1.04. The van der Waals surface area contributed by atoms with E-state index in [-0.39, 0.29) is 0 Å². The van der Waals surface area contributed by atoms with E-state index in [9.17, 15) is 4.79 Å². The SMILES string of the molecule is CC(C)CCCC(C)CCCCCCCC(C)(C)C(=O)O. The van der Waals surface area contributed by atoms with Gasteiger partial charge in [0.15, 0.2) is 0 Å². The molecule has 0 aromatic carbocycles. The molecule has 0 amide bonds. The van der Waals surface area contributed by atoms with E-state index < -0.39 is 11.4 Å². The van der Waals surface area contributed by atoms with Gasteiger partial charge in [0.05, 0.1) is 5.41 Å².